The van der Waals surface area contributed by atoms with Gasteiger partial charge in [0.25, 0.3) is 11.8 Å². The number of amides is 4. The smallest absolute Gasteiger partial charge is 0.415 e. The number of nitrogens with two attached hydrogens (primary N) is 1. The number of ether oxygens (including phenoxy) is 5. The number of nitrogens with one attached hydrogen (secondary N) is 3. The van der Waals surface area contributed by atoms with Crippen molar-refractivity contribution >= 4 is 91.9 Å². The molecule has 10 heterocycles. The van der Waals surface area contributed by atoms with Crippen LogP contribution in [0.3, 0.4) is 0 Å². The second-order valence-corrected chi connectivity index (χ2v) is 25.3. The largest absolute Gasteiger partial charge is 0.443 e. The average molecular weight is 1290 g/mol. The molecule has 5 aliphatic rings. The van der Waals surface area contributed by atoms with Crippen LogP contribution >= 0.6 is 27.5 Å². The molecule has 2 aliphatic carbocycles. The molecule has 470 valence electrons. The predicted molar refractivity (Wildman–Crippen MR) is 337 cm³/mol. The van der Waals surface area contributed by atoms with Crippen LogP contribution in [0.25, 0.3) is 11.3 Å². The van der Waals surface area contributed by atoms with E-state index in [9.17, 15) is 19.2 Å². The minimum absolute atomic E-state index is 0.0349. The fourth-order valence-corrected chi connectivity index (χ4v) is 10.1. The van der Waals surface area contributed by atoms with Crippen molar-refractivity contribution in [3.63, 3.8) is 0 Å². The van der Waals surface area contributed by atoms with Gasteiger partial charge in [0.1, 0.15) is 61.2 Å². The molecule has 24 nitrogen and oxygen atoms in total. The summed E-state index contributed by atoms with van der Waals surface area (Å²) in [6.07, 6.45) is 16.1. The molecule has 5 fully saturated rings. The molecule has 3 aliphatic heterocycles. The van der Waals surface area contributed by atoms with E-state index in [0.717, 1.165) is 99.3 Å². The molecule has 88 heavy (non-hydrogen) atoms. The SMILES string of the molecule is Brc1cccc(C2CCCCO2)n1.CN(C(=O)OC(C)(C)C)c1cc(Cl)nc2c(C(=O)NC3CC3)cnn12.CN(C(=O)OC(C)(C)C)c1cc(Nc2cccc(C3CCCCO3)n2)nc2c(C(=O)NC3CC3)cnn12.Nc1cccc(C2CCCCO2)n1. The van der Waals surface area contributed by atoms with E-state index < -0.39 is 23.4 Å². The molecule has 0 aromatic carbocycles. The molecule has 3 unspecified atom stereocenters. The lowest BCUT2D eigenvalue weighted by molar-refractivity contribution is 0.0122. The molecule has 4 amide bonds. The molecule has 7 aromatic heterocycles. The lowest BCUT2D eigenvalue weighted by atomic mass is 10.1. The highest BCUT2D eigenvalue weighted by atomic mass is 79.9. The topological polar surface area (TPSA) is 282 Å². The molecule has 3 saturated heterocycles. The number of hydrogen-bond acceptors (Lipinski definition) is 18. The van der Waals surface area contributed by atoms with E-state index in [0.29, 0.717) is 45.9 Å². The number of carbonyl (C=O) groups is 4. The molecule has 0 bridgehead atoms. The van der Waals surface area contributed by atoms with Crippen LogP contribution in [0.2, 0.25) is 5.15 Å². The summed E-state index contributed by atoms with van der Waals surface area (Å²) in [7, 11) is 3.14. The van der Waals surface area contributed by atoms with Crippen LogP contribution in [0.4, 0.5) is 38.7 Å². The second kappa shape index (κ2) is 29.2. The van der Waals surface area contributed by atoms with Gasteiger partial charge in [-0.05, 0) is 177 Å². The summed E-state index contributed by atoms with van der Waals surface area (Å²) in [6.45, 7) is 13.2. The Labute approximate surface area is 525 Å². The molecule has 0 radical (unpaired) electrons. The van der Waals surface area contributed by atoms with Crippen LogP contribution in [-0.4, -0.2) is 125 Å². The zero-order valence-corrected chi connectivity index (χ0v) is 53.5. The third-order valence-electron chi connectivity index (χ3n) is 14.3. The number of carbonyl (C=O) groups excluding carboxylic acids is 4. The van der Waals surface area contributed by atoms with E-state index in [-0.39, 0.29) is 53.0 Å². The summed E-state index contributed by atoms with van der Waals surface area (Å²) in [5.41, 5.74) is 8.40. The Hall–Kier alpha value is -7.58. The van der Waals surface area contributed by atoms with Gasteiger partial charge in [0.15, 0.2) is 11.3 Å². The number of nitrogens with zero attached hydrogens (tertiary/aromatic N) is 11. The first-order valence-electron chi connectivity index (χ1n) is 30.0. The minimum Gasteiger partial charge on any atom is -0.443 e. The van der Waals surface area contributed by atoms with Gasteiger partial charge in [0, 0.05) is 58.1 Å². The number of pyridine rings is 3. The Kier molecular flexibility index (Phi) is 21.5. The van der Waals surface area contributed by atoms with Crippen LogP contribution in [0.5, 0.6) is 0 Å². The summed E-state index contributed by atoms with van der Waals surface area (Å²) >= 11 is 9.46. The molecule has 7 aromatic rings. The Bertz CT molecular complexity index is 3490. The van der Waals surface area contributed by atoms with Gasteiger partial charge >= 0.3 is 12.2 Å². The summed E-state index contributed by atoms with van der Waals surface area (Å²) in [6, 6.07) is 21.0. The van der Waals surface area contributed by atoms with E-state index in [1.807, 2.05) is 48.5 Å². The Morgan fingerprint density at radius 3 is 1.47 bits per heavy atom. The average Bonchev–Trinajstić information content (AvgIpc) is 1.79. The van der Waals surface area contributed by atoms with Gasteiger partial charge in [-0.2, -0.15) is 19.2 Å². The van der Waals surface area contributed by atoms with Gasteiger partial charge < -0.3 is 45.4 Å². The zero-order chi connectivity index (χ0) is 62.7. The fraction of sp³-hybridized carbons (Fsp3) is 0.500. The van der Waals surface area contributed by atoms with Crippen molar-refractivity contribution in [1.29, 1.82) is 0 Å². The Balaban J connectivity index is 0.000000154. The Morgan fingerprint density at radius 2 is 1.02 bits per heavy atom. The van der Waals surface area contributed by atoms with Gasteiger partial charge in [0.2, 0.25) is 0 Å². The second-order valence-electron chi connectivity index (χ2n) is 24.1. The van der Waals surface area contributed by atoms with Crippen LogP contribution in [-0.2, 0) is 23.7 Å². The molecule has 0 spiro atoms. The molecule has 2 saturated carbocycles. The molecule has 12 rings (SSSR count). The number of hydrogen-bond donors (Lipinski definition) is 4. The van der Waals surface area contributed by atoms with Gasteiger partial charge in [-0.25, -0.2) is 34.5 Å². The fourth-order valence-electron chi connectivity index (χ4n) is 9.56. The van der Waals surface area contributed by atoms with E-state index in [4.69, 9.17) is 46.0 Å². The highest BCUT2D eigenvalue weighted by Gasteiger charge is 2.31. The molecular formula is C62H79BrClN15O9. The number of aromatic nitrogens is 9. The monoisotopic (exact) mass is 1290 g/mol. The number of nitrogen functional groups attached to an aromatic ring is 1. The maximum absolute atomic E-state index is 12.9. The van der Waals surface area contributed by atoms with Crippen LogP contribution < -0.4 is 31.5 Å². The molecule has 5 N–H and O–H groups in total. The summed E-state index contributed by atoms with van der Waals surface area (Å²) in [4.78, 5) is 75.3. The summed E-state index contributed by atoms with van der Waals surface area (Å²) < 4.78 is 31.8. The zero-order valence-electron chi connectivity index (χ0n) is 51.1. The molecule has 3 atom stereocenters. The number of anilines is 5. The highest BCUT2D eigenvalue weighted by Crippen LogP contribution is 2.32. The lowest BCUT2D eigenvalue weighted by Gasteiger charge is -2.25. The van der Waals surface area contributed by atoms with Crippen molar-refractivity contribution < 1.29 is 42.9 Å². The molecule has 26 heteroatoms. The summed E-state index contributed by atoms with van der Waals surface area (Å²) in [5, 5.41) is 17.8. The van der Waals surface area contributed by atoms with E-state index in [1.54, 1.807) is 67.8 Å². The Morgan fingerprint density at radius 1 is 0.580 bits per heavy atom. The third-order valence-corrected chi connectivity index (χ3v) is 14.9. The van der Waals surface area contributed by atoms with Crippen LogP contribution in [0.1, 0.15) is 181 Å². The first kappa shape index (κ1) is 64.9. The van der Waals surface area contributed by atoms with Crippen molar-refractivity contribution in [2.24, 2.45) is 0 Å². The van der Waals surface area contributed by atoms with Gasteiger partial charge in [-0.15, -0.1) is 0 Å². The standard InChI is InChI=1S/C26H33N7O4.C16H20ClN5O3.C10H12BrNO.C10H14N2O/c1-26(2,3)37-25(35)32(4)22-14-21(30-20-10-7-8-18(29-20)19-9-5-6-13-36-19)31-23-17(15-27-33(22)23)24(34)28-16-11-12-16;1-16(2,3)25-15(24)21(4)12-7-11(17)20-13-10(8-18-22(12)13)14(23)19-9-5-6-9;2*11-10-6-3-4-8(12-10)9-5-1-2-7-13-9/h7-8,10,14-16,19H,5-6,9,11-13H2,1-4H3,(H,28,34)(H,29,30,31);7-9H,5-6H2,1-4H3,(H,19,23);3-4,6,9H,1-2,5,7H2;3-4,6,9H,1-2,5,7H2,(H2,11,12). The van der Waals surface area contributed by atoms with Crippen molar-refractivity contribution in [3.8, 4) is 0 Å². The van der Waals surface area contributed by atoms with Gasteiger partial charge in [-0.1, -0.05) is 29.8 Å². The molecular weight excluding hydrogens is 1210 g/mol. The van der Waals surface area contributed by atoms with Crippen molar-refractivity contribution in [2.75, 3.05) is 54.8 Å². The van der Waals surface area contributed by atoms with Crippen molar-refractivity contribution in [2.45, 2.75) is 167 Å². The maximum atomic E-state index is 12.9. The number of fused-ring (bicyclic) bond motifs is 2. The number of rotatable bonds is 11. The van der Waals surface area contributed by atoms with Gasteiger partial charge in [-0.3, -0.25) is 19.4 Å². The number of halogens is 2. The predicted octanol–water partition coefficient (Wildman–Crippen LogP) is 12.0. The lowest BCUT2D eigenvalue weighted by Crippen LogP contribution is -2.35. The quantitative estimate of drug-likeness (QED) is 0.0691. The van der Waals surface area contributed by atoms with Crippen molar-refractivity contribution in [1.82, 2.24) is 54.8 Å². The van der Waals surface area contributed by atoms with E-state index >= 15 is 0 Å². The van der Waals surface area contributed by atoms with E-state index in [1.165, 1.54) is 63.0 Å². The highest BCUT2D eigenvalue weighted by molar-refractivity contribution is 9.10. The van der Waals surface area contributed by atoms with Gasteiger partial charge in [0.05, 0.1) is 47.8 Å². The van der Waals surface area contributed by atoms with Crippen LogP contribution in [0.15, 0.2) is 83.7 Å². The van der Waals surface area contributed by atoms with E-state index in [2.05, 4.69) is 62.0 Å². The first-order chi connectivity index (χ1) is 42.0. The first-order valence-corrected chi connectivity index (χ1v) is 31.1. The summed E-state index contributed by atoms with van der Waals surface area (Å²) in [5.74, 6) is 1.81. The van der Waals surface area contributed by atoms with Crippen LogP contribution in [0, 0.1) is 0 Å². The minimum atomic E-state index is -0.677. The maximum Gasteiger partial charge on any atom is 0.415 e. The third kappa shape index (κ3) is 18.3. The van der Waals surface area contributed by atoms with Crippen molar-refractivity contribution in [3.05, 3.63) is 117 Å². The normalized spacial score (nSPS) is 18.4.